The highest BCUT2D eigenvalue weighted by molar-refractivity contribution is 7.90. The molecule has 1 heterocycles. The first-order valence-electron chi connectivity index (χ1n) is 9.25. The van der Waals surface area contributed by atoms with Gasteiger partial charge < -0.3 is 10.6 Å². The number of carbonyl (C=O) groups excluding carboxylic acids is 2. The highest BCUT2D eigenvalue weighted by Gasteiger charge is 2.32. The minimum atomic E-state index is -3.44. The van der Waals surface area contributed by atoms with Crippen LogP contribution in [0.1, 0.15) is 35.7 Å². The van der Waals surface area contributed by atoms with Crippen molar-refractivity contribution in [3.63, 3.8) is 0 Å². The van der Waals surface area contributed by atoms with Crippen molar-refractivity contribution in [1.82, 2.24) is 4.90 Å². The maximum Gasteiger partial charge on any atom is 0.254 e. The molecule has 0 bridgehead atoms. The SMILES string of the molecule is C[C@H]1CC[C@H](C(N)=O)CN1C(=O)c1ccc(CS(=O)(=O)c2ccccc2)cc1. The molecule has 1 fully saturated rings. The Morgan fingerprint density at radius 3 is 2.29 bits per heavy atom. The second kappa shape index (κ2) is 8.14. The normalized spacial score (nSPS) is 20.0. The Labute approximate surface area is 165 Å². The Bertz CT molecular complexity index is 956. The van der Waals surface area contributed by atoms with Gasteiger partial charge in [-0.1, -0.05) is 30.3 Å². The molecule has 148 valence electrons. The average Bonchev–Trinajstić information content (AvgIpc) is 2.68. The maximum absolute atomic E-state index is 12.9. The lowest BCUT2D eigenvalue weighted by Crippen LogP contribution is -2.48. The van der Waals surface area contributed by atoms with Gasteiger partial charge in [0.25, 0.3) is 5.91 Å². The summed E-state index contributed by atoms with van der Waals surface area (Å²) < 4.78 is 25.0. The number of nitrogens with zero attached hydrogens (tertiary/aromatic N) is 1. The summed E-state index contributed by atoms with van der Waals surface area (Å²) in [5, 5.41) is 0. The molecule has 1 aliphatic rings. The molecule has 0 unspecified atom stereocenters. The minimum absolute atomic E-state index is 0.0289. The van der Waals surface area contributed by atoms with Crippen molar-refractivity contribution >= 4 is 21.7 Å². The van der Waals surface area contributed by atoms with E-state index in [0.717, 1.165) is 6.42 Å². The molecule has 2 aromatic carbocycles. The van der Waals surface area contributed by atoms with Crippen molar-refractivity contribution < 1.29 is 18.0 Å². The molecule has 3 rings (SSSR count). The molecule has 2 N–H and O–H groups in total. The van der Waals surface area contributed by atoms with Gasteiger partial charge in [0.15, 0.2) is 9.84 Å². The van der Waals surface area contributed by atoms with Gasteiger partial charge >= 0.3 is 0 Å². The lowest BCUT2D eigenvalue weighted by Gasteiger charge is -2.37. The van der Waals surface area contributed by atoms with Crippen LogP contribution < -0.4 is 5.73 Å². The molecule has 0 aliphatic carbocycles. The van der Waals surface area contributed by atoms with E-state index in [1.807, 2.05) is 6.92 Å². The summed E-state index contributed by atoms with van der Waals surface area (Å²) in [5.41, 5.74) is 6.49. The summed E-state index contributed by atoms with van der Waals surface area (Å²) in [5.74, 6) is -1.01. The van der Waals surface area contributed by atoms with Gasteiger partial charge in [0.1, 0.15) is 0 Å². The molecule has 2 amide bonds. The molecule has 0 radical (unpaired) electrons. The number of hydrogen-bond acceptors (Lipinski definition) is 4. The Balaban J connectivity index is 1.73. The van der Waals surface area contributed by atoms with E-state index < -0.39 is 9.84 Å². The van der Waals surface area contributed by atoms with Crippen molar-refractivity contribution in [3.05, 3.63) is 65.7 Å². The first kappa shape index (κ1) is 20.1. The van der Waals surface area contributed by atoms with Crippen LogP contribution in [0.2, 0.25) is 0 Å². The zero-order chi connectivity index (χ0) is 20.3. The van der Waals surface area contributed by atoms with Crippen molar-refractivity contribution in [1.29, 1.82) is 0 Å². The van der Waals surface area contributed by atoms with Crippen LogP contribution in [0.5, 0.6) is 0 Å². The predicted molar refractivity (Wildman–Crippen MR) is 106 cm³/mol. The van der Waals surface area contributed by atoms with Gasteiger partial charge in [-0.15, -0.1) is 0 Å². The second-order valence-corrected chi connectivity index (χ2v) is 9.24. The zero-order valence-corrected chi connectivity index (χ0v) is 16.6. The molecule has 1 aliphatic heterocycles. The lowest BCUT2D eigenvalue weighted by atomic mass is 9.92. The van der Waals surface area contributed by atoms with Crippen LogP contribution in [0, 0.1) is 5.92 Å². The van der Waals surface area contributed by atoms with Crippen LogP contribution in [0.25, 0.3) is 0 Å². The maximum atomic E-state index is 12.9. The summed E-state index contributed by atoms with van der Waals surface area (Å²) in [7, 11) is -3.44. The number of primary amides is 1. The molecule has 2 aromatic rings. The molecule has 6 nitrogen and oxygen atoms in total. The van der Waals surface area contributed by atoms with Crippen LogP contribution in [0.3, 0.4) is 0 Å². The highest BCUT2D eigenvalue weighted by Crippen LogP contribution is 2.24. The van der Waals surface area contributed by atoms with E-state index in [2.05, 4.69) is 0 Å². The second-order valence-electron chi connectivity index (χ2n) is 7.25. The fourth-order valence-electron chi connectivity index (χ4n) is 3.46. The molecular weight excluding hydrogens is 376 g/mol. The quantitative estimate of drug-likeness (QED) is 0.833. The number of rotatable bonds is 5. The van der Waals surface area contributed by atoms with Gasteiger partial charge in [-0.3, -0.25) is 9.59 Å². The lowest BCUT2D eigenvalue weighted by molar-refractivity contribution is -0.123. The Morgan fingerprint density at radius 2 is 1.68 bits per heavy atom. The van der Waals surface area contributed by atoms with Gasteiger partial charge in [-0.2, -0.15) is 0 Å². The fraction of sp³-hybridized carbons (Fsp3) is 0.333. The summed E-state index contributed by atoms with van der Waals surface area (Å²) in [6.07, 6.45) is 1.42. The first-order valence-corrected chi connectivity index (χ1v) is 10.9. The molecule has 0 aromatic heterocycles. The fourth-order valence-corrected chi connectivity index (χ4v) is 4.83. The Hall–Kier alpha value is -2.67. The monoisotopic (exact) mass is 400 g/mol. The van der Waals surface area contributed by atoms with Gasteiger partial charge in [0.05, 0.1) is 16.6 Å². The smallest absolute Gasteiger partial charge is 0.254 e. The molecular formula is C21H24N2O4S. The van der Waals surface area contributed by atoms with E-state index in [0.29, 0.717) is 24.1 Å². The third-order valence-corrected chi connectivity index (χ3v) is 6.91. The molecule has 0 saturated carbocycles. The van der Waals surface area contributed by atoms with E-state index in [9.17, 15) is 18.0 Å². The van der Waals surface area contributed by atoms with E-state index in [-0.39, 0.29) is 34.4 Å². The average molecular weight is 401 g/mol. The van der Waals surface area contributed by atoms with Crippen LogP contribution in [0.15, 0.2) is 59.5 Å². The third-order valence-electron chi connectivity index (χ3n) is 5.21. The summed E-state index contributed by atoms with van der Waals surface area (Å²) >= 11 is 0. The third kappa shape index (κ3) is 4.42. The molecule has 28 heavy (non-hydrogen) atoms. The number of amides is 2. The number of hydrogen-bond donors (Lipinski definition) is 1. The molecule has 7 heteroatoms. The van der Waals surface area contributed by atoms with Crippen molar-refractivity contribution in [2.75, 3.05) is 6.54 Å². The van der Waals surface area contributed by atoms with E-state index in [1.54, 1.807) is 59.5 Å². The Morgan fingerprint density at radius 1 is 1.04 bits per heavy atom. The van der Waals surface area contributed by atoms with Crippen LogP contribution in [0.4, 0.5) is 0 Å². The summed E-state index contributed by atoms with van der Waals surface area (Å²) in [6.45, 7) is 2.27. The number of piperidine rings is 1. The number of likely N-dealkylation sites (tertiary alicyclic amines) is 1. The van der Waals surface area contributed by atoms with Crippen molar-refractivity contribution in [3.8, 4) is 0 Å². The zero-order valence-electron chi connectivity index (χ0n) is 15.7. The summed E-state index contributed by atoms with van der Waals surface area (Å²) in [4.78, 5) is 26.3. The van der Waals surface area contributed by atoms with Crippen LogP contribution in [-0.4, -0.2) is 37.7 Å². The highest BCUT2D eigenvalue weighted by atomic mass is 32.2. The number of carbonyl (C=O) groups is 2. The van der Waals surface area contributed by atoms with Crippen LogP contribution >= 0.6 is 0 Å². The standard InChI is InChI=1S/C21H24N2O4S/c1-15-7-10-18(20(22)24)13-23(15)21(25)17-11-8-16(9-12-17)14-28(26,27)19-5-3-2-4-6-19/h2-6,8-9,11-12,15,18H,7,10,13-14H2,1H3,(H2,22,24)/t15-,18-/m0/s1. The van der Waals surface area contributed by atoms with Gasteiger partial charge in [-0.25, -0.2) is 8.42 Å². The van der Waals surface area contributed by atoms with Gasteiger partial charge in [-0.05, 0) is 49.6 Å². The number of benzene rings is 2. The molecule has 2 atom stereocenters. The van der Waals surface area contributed by atoms with E-state index in [1.165, 1.54) is 0 Å². The summed E-state index contributed by atoms with van der Waals surface area (Å²) in [6, 6.07) is 14.9. The molecule has 0 spiro atoms. The van der Waals surface area contributed by atoms with Crippen molar-refractivity contribution in [2.24, 2.45) is 11.7 Å². The van der Waals surface area contributed by atoms with Crippen molar-refractivity contribution in [2.45, 2.75) is 36.5 Å². The number of nitrogens with two attached hydrogens (primary N) is 1. The van der Waals surface area contributed by atoms with E-state index in [4.69, 9.17) is 5.73 Å². The first-order chi connectivity index (χ1) is 13.3. The minimum Gasteiger partial charge on any atom is -0.369 e. The number of sulfone groups is 1. The van der Waals surface area contributed by atoms with E-state index >= 15 is 0 Å². The predicted octanol–water partition coefficient (Wildman–Crippen LogP) is 2.39. The largest absolute Gasteiger partial charge is 0.369 e. The topological polar surface area (TPSA) is 97.5 Å². The Kier molecular flexibility index (Phi) is 5.84. The molecule has 1 saturated heterocycles. The van der Waals surface area contributed by atoms with Gasteiger partial charge in [0, 0.05) is 18.2 Å². The van der Waals surface area contributed by atoms with Gasteiger partial charge in [0.2, 0.25) is 5.91 Å². The van der Waals surface area contributed by atoms with Crippen LogP contribution in [-0.2, 0) is 20.4 Å².